The fraction of sp³-hybridized carbons (Fsp3) is 0.462. The Morgan fingerprint density at radius 2 is 2.24 bits per heavy atom. The lowest BCUT2D eigenvalue weighted by atomic mass is 10.0. The standard InChI is InChI=1S/C13H19BrN2O/c1-3-10(8-15)7-13(17)16-12-6-9(2)4-5-11(12)14/h4-6,10H,3,7-8,15H2,1-2H3,(H,16,17). The summed E-state index contributed by atoms with van der Waals surface area (Å²) in [5, 5.41) is 2.91. The van der Waals surface area contributed by atoms with E-state index in [0.717, 1.165) is 22.1 Å². The average Bonchev–Trinajstić information content (AvgIpc) is 2.31. The summed E-state index contributed by atoms with van der Waals surface area (Å²) in [7, 11) is 0. The second kappa shape index (κ2) is 6.77. The zero-order valence-electron chi connectivity index (χ0n) is 10.3. The van der Waals surface area contributed by atoms with Crippen LogP contribution in [-0.2, 0) is 4.79 Å². The van der Waals surface area contributed by atoms with Crippen molar-refractivity contribution in [2.45, 2.75) is 26.7 Å². The Labute approximate surface area is 111 Å². The Morgan fingerprint density at radius 3 is 2.82 bits per heavy atom. The molecule has 0 fully saturated rings. The molecule has 0 aliphatic heterocycles. The van der Waals surface area contributed by atoms with Gasteiger partial charge in [0.1, 0.15) is 0 Å². The minimum Gasteiger partial charge on any atom is -0.330 e. The molecule has 0 saturated carbocycles. The van der Waals surface area contributed by atoms with E-state index in [1.54, 1.807) is 0 Å². The van der Waals surface area contributed by atoms with E-state index >= 15 is 0 Å². The Hall–Kier alpha value is -0.870. The Balaban J connectivity index is 2.64. The molecule has 0 spiro atoms. The van der Waals surface area contributed by atoms with Crippen LogP contribution in [0.5, 0.6) is 0 Å². The van der Waals surface area contributed by atoms with Crippen LogP contribution in [-0.4, -0.2) is 12.5 Å². The van der Waals surface area contributed by atoms with Gasteiger partial charge in [-0.05, 0) is 53.0 Å². The lowest BCUT2D eigenvalue weighted by Crippen LogP contribution is -2.21. The van der Waals surface area contributed by atoms with Gasteiger partial charge in [-0.15, -0.1) is 0 Å². The fourth-order valence-corrected chi connectivity index (χ4v) is 1.94. The summed E-state index contributed by atoms with van der Waals surface area (Å²) in [6, 6.07) is 5.88. The van der Waals surface area contributed by atoms with E-state index < -0.39 is 0 Å². The summed E-state index contributed by atoms with van der Waals surface area (Å²) in [5.74, 6) is 0.284. The van der Waals surface area contributed by atoms with Gasteiger partial charge in [-0.1, -0.05) is 19.4 Å². The minimum absolute atomic E-state index is 0.0219. The average molecular weight is 299 g/mol. The third-order valence-corrected chi connectivity index (χ3v) is 3.47. The van der Waals surface area contributed by atoms with Gasteiger partial charge >= 0.3 is 0 Å². The summed E-state index contributed by atoms with van der Waals surface area (Å²) < 4.78 is 0.900. The summed E-state index contributed by atoms with van der Waals surface area (Å²) in [5.41, 5.74) is 7.53. The van der Waals surface area contributed by atoms with Crippen molar-refractivity contribution >= 4 is 27.5 Å². The smallest absolute Gasteiger partial charge is 0.224 e. The number of anilines is 1. The number of hydrogen-bond donors (Lipinski definition) is 2. The molecule has 3 nitrogen and oxygen atoms in total. The van der Waals surface area contributed by atoms with E-state index in [1.165, 1.54) is 0 Å². The predicted molar refractivity (Wildman–Crippen MR) is 75.0 cm³/mol. The lowest BCUT2D eigenvalue weighted by molar-refractivity contribution is -0.117. The molecule has 94 valence electrons. The topological polar surface area (TPSA) is 55.1 Å². The van der Waals surface area contributed by atoms with Crippen LogP contribution in [0.3, 0.4) is 0 Å². The normalized spacial score (nSPS) is 12.2. The van der Waals surface area contributed by atoms with Crippen molar-refractivity contribution in [1.29, 1.82) is 0 Å². The summed E-state index contributed by atoms with van der Waals surface area (Å²) >= 11 is 3.42. The molecule has 1 atom stereocenters. The molecular formula is C13H19BrN2O. The Bertz CT molecular complexity index is 389. The first-order chi connectivity index (χ1) is 8.06. The molecule has 0 radical (unpaired) electrons. The van der Waals surface area contributed by atoms with E-state index in [4.69, 9.17) is 5.73 Å². The quantitative estimate of drug-likeness (QED) is 0.878. The van der Waals surface area contributed by atoms with Gasteiger partial charge in [0.25, 0.3) is 0 Å². The Morgan fingerprint density at radius 1 is 1.53 bits per heavy atom. The molecule has 0 aliphatic carbocycles. The van der Waals surface area contributed by atoms with Crippen LogP contribution in [0.2, 0.25) is 0 Å². The van der Waals surface area contributed by atoms with Gasteiger partial charge in [-0.25, -0.2) is 0 Å². The summed E-state index contributed by atoms with van der Waals surface area (Å²) in [4.78, 5) is 11.8. The number of carbonyl (C=O) groups is 1. The largest absolute Gasteiger partial charge is 0.330 e. The van der Waals surface area contributed by atoms with Crippen LogP contribution >= 0.6 is 15.9 Å². The second-order valence-electron chi connectivity index (χ2n) is 4.25. The van der Waals surface area contributed by atoms with Gasteiger partial charge in [0.05, 0.1) is 5.69 Å². The van der Waals surface area contributed by atoms with E-state index in [2.05, 4.69) is 21.2 Å². The number of nitrogens with one attached hydrogen (secondary N) is 1. The van der Waals surface area contributed by atoms with E-state index in [9.17, 15) is 4.79 Å². The molecule has 1 unspecified atom stereocenters. The highest BCUT2D eigenvalue weighted by Gasteiger charge is 2.11. The first-order valence-electron chi connectivity index (χ1n) is 5.82. The predicted octanol–water partition coefficient (Wildman–Crippen LogP) is 3.07. The monoisotopic (exact) mass is 298 g/mol. The third-order valence-electron chi connectivity index (χ3n) is 2.78. The molecule has 1 aromatic carbocycles. The SMILES string of the molecule is CCC(CN)CC(=O)Nc1cc(C)ccc1Br. The van der Waals surface area contributed by atoms with Crippen LogP contribution < -0.4 is 11.1 Å². The maximum atomic E-state index is 11.8. The van der Waals surface area contributed by atoms with Crippen molar-refractivity contribution in [3.05, 3.63) is 28.2 Å². The van der Waals surface area contributed by atoms with Crippen molar-refractivity contribution in [3.8, 4) is 0 Å². The van der Waals surface area contributed by atoms with Crippen molar-refractivity contribution < 1.29 is 4.79 Å². The van der Waals surface area contributed by atoms with E-state index in [-0.39, 0.29) is 11.8 Å². The van der Waals surface area contributed by atoms with Crippen LogP contribution in [0, 0.1) is 12.8 Å². The molecule has 0 bridgehead atoms. The van der Waals surface area contributed by atoms with Crippen LogP contribution in [0.4, 0.5) is 5.69 Å². The van der Waals surface area contributed by atoms with Gasteiger partial charge in [0, 0.05) is 10.9 Å². The van der Waals surface area contributed by atoms with Crippen LogP contribution in [0.15, 0.2) is 22.7 Å². The number of halogens is 1. The van der Waals surface area contributed by atoms with Gasteiger partial charge in [-0.2, -0.15) is 0 Å². The number of benzene rings is 1. The van der Waals surface area contributed by atoms with Crippen molar-refractivity contribution in [2.75, 3.05) is 11.9 Å². The first-order valence-corrected chi connectivity index (χ1v) is 6.62. The molecule has 1 rings (SSSR count). The molecule has 0 aromatic heterocycles. The highest BCUT2D eigenvalue weighted by molar-refractivity contribution is 9.10. The highest BCUT2D eigenvalue weighted by Crippen LogP contribution is 2.23. The number of rotatable bonds is 5. The summed E-state index contributed by atoms with van der Waals surface area (Å²) in [6.07, 6.45) is 1.41. The number of hydrogen-bond acceptors (Lipinski definition) is 2. The molecule has 3 N–H and O–H groups in total. The highest BCUT2D eigenvalue weighted by atomic mass is 79.9. The molecule has 17 heavy (non-hydrogen) atoms. The van der Waals surface area contributed by atoms with Gasteiger partial charge in [-0.3, -0.25) is 4.79 Å². The number of carbonyl (C=O) groups excluding carboxylic acids is 1. The Kier molecular flexibility index (Phi) is 5.65. The molecule has 0 heterocycles. The molecule has 0 saturated heterocycles. The van der Waals surface area contributed by atoms with Crippen LogP contribution in [0.1, 0.15) is 25.3 Å². The molecule has 4 heteroatoms. The molecule has 1 amide bonds. The zero-order valence-corrected chi connectivity index (χ0v) is 11.9. The molecule has 0 aliphatic rings. The van der Waals surface area contributed by atoms with Crippen molar-refractivity contribution in [2.24, 2.45) is 11.7 Å². The summed E-state index contributed by atoms with van der Waals surface area (Å²) in [6.45, 7) is 4.60. The first kappa shape index (κ1) is 14.2. The van der Waals surface area contributed by atoms with Crippen molar-refractivity contribution in [3.63, 3.8) is 0 Å². The fourth-order valence-electron chi connectivity index (χ4n) is 1.59. The van der Waals surface area contributed by atoms with Crippen LogP contribution in [0.25, 0.3) is 0 Å². The lowest BCUT2D eigenvalue weighted by Gasteiger charge is -2.13. The second-order valence-corrected chi connectivity index (χ2v) is 5.10. The van der Waals surface area contributed by atoms with Crippen molar-refractivity contribution in [1.82, 2.24) is 0 Å². The van der Waals surface area contributed by atoms with E-state index in [0.29, 0.717) is 13.0 Å². The van der Waals surface area contributed by atoms with Gasteiger partial charge in [0.15, 0.2) is 0 Å². The molecule has 1 aromatic rings. The maximum absolute atomic E-state index is 11.8. The van der Waals surface area contributed by atoms with Gasteiger partial charge < -0.3 is 11.1 Å². The number of nitrogens with two attached hydrogens (primary N) is 1. The number of aryl methyl sites for hydroxylation is 1. The minimum atomic E-state index is 0.0219. The van der Waals surface area contributed by atoms with Gasteiger partial charge in [0.2, 0.25) is 5.91 Å². The number of amides is 1. The van der Waals surface area contributed by atoms with E-state index in [1.807, 2.05) is 32.0 Å². The molecular weight excluding hydrogens is 280 g/mol. The zero-order chi connectivity index (χ0) is 12.8. The maximum Gasteiger partial charge on any atom is 0.224 e. The third kappa shape index (κ3) is 4.48.